The van der Waals surface area contributed by atoms with Gasteiger partial charge in [-0.25, -0.2) is 0 Å². The molecule has 1 saturated carbocycles. The Hall–Kier alpha value is -1.98. The Morgan fingerprint density at radius 2 is 2.04 bits per heavy atom. The van der Waals surface area contributed by atoms with Gasteiger partial charge in [0.25, 0.3) is 5.91 Å². The highest BCUT2D eigenvalue weighted by atomic mass is 16.3. The maximum absolute atomic E-state index is 13.0. The molecule has 144 valence electrons. The molecule has 1 saturated heterocycles. The minimum atomic E-state index is -0.0467. The van der Waals surface area contributed by atoms with E-state index in [1.165, 1.54) is 25.7 Å². The summed E-state index contributed by atoms with van der Waals surface area (Å²) in [5.41, 5.74) is 2.62. The molecule has 1 aromatic carbocycles. The molecular formula is C22H29N3O2. The van der Waals surface area contributed by atoms with Crippen molar-refractivity contribution < 1.29 is 9.90 Å². The summed E-state index contributed by atoms with van der Waals surface area (Å²) in [5, 5.41) is 10.1. The SMILES string of the molecule is CN(CCO)C(=O)c1cc(C2CCN(C3CCCC3)C2)nc2ccccc12. The number of aliphatic hydroxyl groups excluding tert-OH is 1. The summed E-state index contributed by atoms with van der Waals surface area (Å²) in [5.74, 6) is 0.347. The average Bonchev–Trinajstić information content (AvgIpc) is 3.38. The molecule has 1 aliphatic heterocycles. The molecule has 0 bridgehead atoms. The lowest BCUT2D eigenvalue weighted by atomic mass is 9.99. The second-order valence-electron chi connectivity index (χ2n) is 7.98. The van der Waals surface area contributed by atoms with Crippen LogP contribution in [0.2, 0.25) is 0 Å². The van der Waals surface area contributed by atoms with Gasteiger partial charge in [-0.15, -0.1) is 0 Å². The van der Waals surface area contributed by atoms with Gasteiger partial charge in [-0.1, -0.05) is 31.0 Å². The van der Waals surface area contributed by atoms with Crippen LogP contribution < -0.4 is 0 Å². The minimum Gasteiger partial charge on any atom is -0.395 e. The molecule has 2 aromatic rings. The summed E-state index contributed by atoms with van der Waals surface area (Å²) in [6.07, 6.45) is 6.48. The van der Waals surface area contributed by atoms with Crippen molar-refractivity contribution in [3.63, 3.8) is 0 Å². The lowest BCUT2D eigenvalue weighted by Crippen LogP contribution is -2.31. The van der Waals surface area contributed by atoms with Gasteiger partial charge in [0.15, 0.2) is 0 Å². The molecule has 2 aliphatic rings. The Labute approximate surface area is 161 Å². The third kappa shape index (κ3) is 3.71. The van der Waals surface area contributed by atoms with E-state index in [1.807, 2.05) is 30.3 Å². The first-order valence-corrected chi connectivity index (χ1v) is 10.2. The number of nitrogens with zero attached hydrogens (tertiary/aromatic N) is 3. The zero-order chi connectivity index (χ0) is 18.8. The van der Waals surface area contributed by atoms with E-state index in [4.69, 9.17) is 4.98 Å². The highest BCUT2D eigenvalue weighted by molar-refractivity contribution is 6.06. The number of amides is 1. The first-order chi connectivity index (χ1) is 13.2. The van der Waals surface area contributed by atoms with Crippen LogP contribution in [0.25, 0.3) is 10.9 Å². The number of hydrogen-bond donors (Lipinski definition) is 1. The van der Waals surface area contributed by atoms with E-state index in [1.54, 1.807) is 11.9 Å². The summed E-state index contributed by atoms with van der Waals surface area (Å²) >= 11 is 0. The first kappa shape index (κ1) is 18.4. The number of pyridine rings is 1. The van der Waals surface area contributed by atoms with Crippen molar-refractivity contribution in [2.24, 2.45) is 0 Å². The molecule has 1 atom stereocenters. The van der Waals surface area contributed by atoms with Gasteiger partial charge in [-0.2, -0.15) is 0 Å². The zero-order valence-electron chi connectivity index (χ0n) is 16.1. The number of hydrogen-bond acceptors (Lipinski definition) is 4. The molecule has 1 amide bonds. The second kappa shape index (κ2) is 7.95. The van der Waals surface area contributed by atoms with Gasteiger partial charge in [0.05, 0.1) is 17.7 Å². The number of aliphatic hydroxyl groups is 1. The van der Waals surface area contributed by atoms with E-state index in [2.05, 4.69) is 4.90 Å². The first-order valence-electron chi connectivity index (χ1n) is 10.2. The van der Waals surface area contributed by atoms with Gasteiger partial charge in [0.2, 0.25) is 0 Å². The highest BCUT2D eigenvalue weighted by Crippen LogP contribution is 2.34. The Morgan fingerprint density at radius 1 is 1.26 bits per heavy atom. The lowest BCUT2D eigenvalue weighted by molar-refractivity contribution is 0.0768. The summed E-state index contributed by atoms with van der Waals surface area (Å²) in [7, 11) is 1.74. The van der Waals surface area contributed by atoms with Crippen LogP contribution in [-0.2, 0) is 0 Å². The smallest absolute Gasteiger partial charge is 0.254 e. The van der Waals surface area contributed by atoms with E-state index >= 15 is 0 Å². The number of carbonyl (C=O) groups is 1. The number of carbonyl (C=O) groups excluding carboxylic acids is 1. The van der Waals surface area contributed by atoms with Crippen LogP contribution in [0.3, 0.4) is 0 Å². The molecule has 5 nitrogen and oxygen atoms in total. The highest BCUT2D eigenvalue weighted by Gasteiger charge is 2.32. The van der Waals surface area contributed by atoms with Crippen LogP contribution in [0.1, 0.15) is 54.1 Å². The molecule has 0 spiro atoms. The van der Waals surface area contributed by atoms with E-state index in [0.29, 0.717) is 18.0 Å². The normalized spacial score (nSPS) is 21.2. The number of likely N-dealkylation sites (N-methyl/N-ethyl adjacent to an activating group) is 1. The zero-order valence-corrected chi connectivity index (χ0v) is 16.1. The largest absolute Gasteiger partial charge is 0.395 e. The number of benzene rings is 1. The quantitative estimate of drug-likeness (QED) is 0.883. The van der Waals surface area contributed by atoms with E-state index in [9.17, 15) is 9.90 Å². The Balaban J connectivity index is 1.64. The van der Waals surface area contributed by atoms with Gasteiger partial charge in [-0.05, 0) is 37.9 Å². The van der Waals surface area contributed by atoms with Crippen molar-refractivity contribution in [2.75, 3.05) is 33.3 Å². The minimum absolute atomic E-state index is 0.0307. The summed E-state index contributed by atoms with van der Waals surface area (Å²) < 4.78 is 0. The summed E-state index contributed by atoms with van der Waals surface area (Å²) in [6, 6.07) is 10.6. The summed E-state index contributed by atoms with van der Waals surface area (Å²) in [4.78, 5) is 22.1. The number of fused-ring (bicyclic) bond motifs is 1. The molecule has 1 N–H and O–H groups in total. The topological polar surface area (TPSA) is 56.7 Å². The number of rotatable bonds is 5. The van der Waals surface area contributed by atoms with Crippen LogP contribution in [0.4, 0.5) is 0 Å². The van der Waals surface area contributed by atoms with E-state index < -0.39 is 0 Å². The predicted octanol–water partition coefficient (Wildman–Crippen LogP) is 3.03. The van der Waals surface area contributed by atoms with Gasteiger partial charge in [-0.3, -0.25) is 14.7 Å². The molecule has 2 fully saturated rings. The van der Waals surface area contributed by atoms with Crippen molar-refractivity contribution in [3.05, 3.63) is 41.6 Å². The standard InChI is InChI=1S/C22H29N3O2/c1-24(12-13-26)22(27)19-14-21(23-20-9-5-4-8-18(19)20)16-10-11-25(15-16)17-6-2-3-7-17/h4-5,8-9,14,16-17,26H,2-3,6-7,10-13,15H2,1H3. The van der Waals surface area contributed by atoms with Crippen LogP contribution >= 0.6 is 0 Å². The number of para-hydroxylation sites is 1. The van der Waals surface area contributed by atoms with E-state index in [0.717, 1.165) is 42.1 Å². The van der Waals surface area contributed by atoms with Crippen molar-refractivity contribution in [3.8, 4) is 0 Å². The van der Waals surface area contributed by atoms with Crippen molar-refractivity contribution in [1.82, 2.24) is 14.8 Å². The second-order valence-corrected chi connectivity index (χ2v) is 7.98. The van der Waals surface area contributed by atoms with Gasteiger partial charge in [0.1, 0.15) is 0 Å². The molecular weight excluding hydrogens is 338 g/mol. The Kier molecular flexibility index (Phi) is 5.41. The maximum atomic E-state index is 13.0. The third-order valence-corrected chi connectivity index (χ3v) is 6.23. The Morgan fingerprint density at radius 3 is 2.81 bits per heavy atom. The molecule has 4 rings (SSSR count). The third-order valence-electron chi connectivity index (χ3n) is 6.23. The molecule has 1 aromatic heterocycles. The monoisotopic (exact) mass is 367 g/mol. The van der Waals surface area contributed by atoms with Gasteiger partial charge in [0, 0.05) is 43.2 Å². The maximum Gasteiger partial charge on any atom is 0.254 e. The van der Waals surface area contributed by atoms with Crippen LogP contribution in [-0.4, -0.2) is 65.1 Å². The molecule has 2 heterocycles. The lowest BCUT2D eigenvalue weighted by Gasteiger charge is -2.23. The Bertz CT molecular complexity index is 816. The fourth-order valence-corrected chi connectivity index (χ4v) is 4.67. The fourth-order valence-electron chi connectivity index (χ4n) is 4.67. The van der Waals surface area contributed by atoms with Crippen LogP contribution in [0.5, 0.6) is 0 Å². The fraction of sp³-hybridized carbons (Fsp3) is 0.545. The van der Waals surface area contributed by atoms with Crippen LogP contribution in [0.15, 0.2) is 30.3 Å². The van der Waals surface area contributed by atoms with Crippen molar-refractivity contribution in [2.45, 2.75) is 44.1 Å². The molecule has 27 heavy (non-hydrogen) atoms. The van der Waals surface area contributed by atoms with Gasteiger partial charge >= 0.3 is 0 Å². The van der Waals surface area contributed by atoms with Gasteiger partial charge < -0.3 is 10.0 Å². The van der Waals surface area contributed by atoms with Crippen molar-refractivity contribution >= 4 is 16.8 Å². The average molecular weight is 367 g/mol. The molecule has 1 aliphatic carbocycles. The predicted molar refractivity (Wildman–Crippen MR) is 107 cm³/mol. The number of aromatic nitrogens is 1. The van der Waals surface area contributed by atoms with E-state index in [-0.39, 0.29) is 12.5 Å². The summed E-state index contributed by atoms with van der Waals surface area (Å²) in [6.45, 7) is 2.49. The molecule has 0 radical (unpaired) electrons. The molecule has 5 heteroatoms. The molecule has 1 unspecified atom stereocenters. The van der Waals surface area contributed by atoms with Crippen molar-refractivity contribution in [1.29, 1.82) is 0 Å². The van der Waals surface area contributed by atoms with Crippen LogP contribution in [0, 0.1) is 0 Å². The number of likely N-dealkylation sites (tertiary alicyclic amines) is 1.